The Balaban J connectivity index is 1.66. The van der Waals surface area contributed by atoms with E-state index >= 15 is 0 Å². The lowest BCUT2D eigenvalue weighted by atomic mass is 10.2. The highest BCUT2D eigenvalue weighted by Gasteiger charge is 2.22. The molecular formula is C17H24BrN3O2S. The number of thioether (sulfide) groups is 1. The van der Waals surface area contributed by atoms with Gasteiger partial charge in [-0.1, -0.05) is 22.0 Å². The van der Waals surface area contributed by atoms with Crippen LogP contribution in [0.4, 0.5) is 5.69 Å². The average molecular weight is 414 g/mol. The first-order valence-electron chi connectivity index (χ1n) is 8.10. The molecule has 0 aromatic heterocycles. The first-order valence-corrected chi connectivity index (χ1v) is 10.1. The molecule has 7 heteroatoms. The van der Waals surface area contributed by atoms with Crippen LogP contribution in [0.5, 0.6) is 0 Å². The average Bonchev–Trinajstić information content (AvgIpc) is 2.54. The van der Waals surface area contributed by atoms with Crippen LogP contribution in [0, 0.1) is 0 Å². The largest absolute Gasteiger partial charge is 0.339 e. The molecule has 24 heavy (non-hydrogen) atoms. The van der Waals surface area contributed by atoms with E-state index in [-0.39, 0.29) is 17.6 Å². The van der Waals surface area contributed by atoms with Gasteiger partial charge in [0.05, 0.1) is 11.5 Å². The molecule has 0 spiro atoms. The van der Waals surface area contributed by atoms with Gasteiger partial charge in [0.25, 0.3) is 0 Å². The molecule has 1 saturated heterocycles. The predicted molar refractivity (Wildman–Crippen MR) is 103 cm³/mol. The summed E-state index contributed by atoms with van der Waals surface area (Å²) in [5.74, 6) is 0.673. The highest BCUT2D eigenvalue weighted by Crippen LogP contribution is 2.16. The van der Waals surface area contributed by atoms with Crippen molar-refractivity contribution in [1.29, 1.82) is 0 Å². The van der Waals surface area contributed by atoms with E-state index in [9.17, 15) is 9.59 Å². The van der Waals surface area contributed by atoms with Crippen molar-refractivity contribution in [3.8, 4) is 0 Å². The van der Waals surface area contributed by atoms with Crippen LogP contribution in [0.15, 0.2) is 28.7 Å². The van der Waals surface area contributed by atoms with Crippen LogP contribution in [0.3, 0.4) is 0 Å². The van der Waals surface area contributed by atoms with Crippen LogP contribution < -0.4 is 5.32 Å². The Hall–Kier alpha value is -1.05. The molecule has 2 rings (SSSR count). The van der Waals surface area contributed by atoms with E-state index in [1.165, 1.54) is 11.8 Å². The number of carbonyl (C=O) groups is 2. The molecule has 0 saturated carbocycles. The molecule has 0 atom stereocenters. The second kappa shape index (κ2) is 9.44. The highest BCUT2D eigenvalue weighted by molar-refractivity contribution is 9.10. The summed E-state index contributed by atoms with van der Waals surface area (Å²) < 4.78 is 0.920. The third-order valence-electron chi connectivity index (χ3n) is 3.96. The zero-order chi connectivity index (χ0) is 17.5. The van der Waals surface area contributed by atoms with Gasteiger partial charge in [-0.05, 0) is 32.0 Å². The van der Waals surface area contributed by atoms with Crippen molar-refractivity contribution in [2.45, 2.75) is 19.9 Å². The fourth-order valence-electron chi connectivity index (χ4n) is 2.57. The van der Waals surface area contributed by atoms with Crippen LogP contribution in [-0.4, -0.2) is 65.3 Å². The monoisotopic (exact) mass is 413 g/mol. The minimum Gasteiger partial charge on any atom is -0.339 e. The van der Waals surface area contributed by atoms with Crippen LogP contribution in [-0.2, 0) is 9.59 Å². The van der Waals surface area contributed by atoms with Gasteiger partial charge in [-0.25, -0.2) is 0 Å². The molecule has 0 bridgehead atoms. The molecule has 1 fully saturated rings. The van der Waals surface area contributed by atoms with Gasteiger partial charge in [0.2, 0.25) is 11.8 Å². The molecule has 1 aromatic carbocycles. The van der Waals surface area contributed by atoms with Crippen LogP contribution in [0.2, 0.25) is 0 Å². The second-order valence-electron chi connectivity index (χ2n) is 6.06. The first-order chi connectivity index (χ1) is 11.5. The molecule has 2 amide bonds. The summed E-state index contributed by atoms with van der Waals surface area (Å²) in [5, 5.41) is 2.83. The van der Waals surface area contributed by atoms with E-state index in [0.29, 0.717) is 11.8 Å². The second-order valence-corrected chi connectivity index (χ2v) is 7.96. The molecular weight excluding hydrogens is 390 g/mol. The Morgan fingerprint density at radius 2 is 1.92 bits per heavy atom. The Bertz CT molecular complexity index is 575. The van der Waals surface area contributed by atoms with E-state index in [2.05, 4.69) is 40.0 Å². The van der Waals surface area contributed by atoms with Gasteiger partial charge in [-0.2, -0.15) is 0 Å². The lowest BCUT2D eigenvalue weighted by molar-refractivity contribution is -0.130. The number of anilines is 1. The summed E-state index contributed by atoms with van der Waals surface area (Å²) in [7, 11) is 0. The van der Waals surface area contributed by atoms with Crippen LogP contribution >= 0.6 is 27.7 Å². The number of amides is 2. The van der Waals surface area contributed by atoms with Crippen molar-refractivity contribution in [3.63, 3.8) is 0 Å². The van der Waals surface area contributed by atoms with Crippen molar-refractivity contribution in [2.24, 2.45) is 0 Å². The quantitative estimate of drug-likeness (QED) is 0.778. The Morgan fingerprint density at radius 3 is 2.54 bits per heavy atom. The maximum absolute atomic E-state index is 12.2. The van der Waals surface area contributed by atoms with Gasteiger partial charge in [0, 0.05) is 42.4 Å². The van der Waals surface area contributed by atoms with E-state index in [0.717, 1.165) is 36.3 Å². The summed E-state index contributed by atoms with van der Waals surface area (Å²) in [5.41, 5.74) is 0.756. The van der Waals surface area contributed by atoms with Crippen molar-refractivity contribution < 1.29 is 9.59 Å². The fourth-order valence-corrected chi connectivity index (χ4v) is 3.69. The number of halogens is 1. The standard InChI is InChI=1S/C17H24BrN3O2S/c1-13(2)20-6-8-21(9-7-20)17(23)12-24-11-16(22)19-15-5-3-4-14(18)10-15/h3-5,10,13H,6-9,11-12H2,1-2H3,(H,19,22). The Morgan fingerprint density at radius 1 is 1.21 bits per heavy atom. The summed E-state index contributed by atoms with van der Waals surface area (Å²) in [6, 6.07) is 7.99. The van der Waals surface area contributed by atoms with E-state index in [1.807, 2.05) is 29.2 Å². The predicted octanol–water partition coefficient (Wildman–Crippen LogP) is 2.67. The normalized spacial score (nSPS) is 15.6. The molecule has 0 unspecified atom stereocenters. The van der Waals surface area contributed by atoms with Gasteiger partial charge in [-0.15, -0.1) is 11.8 Å². The summed E-state index contributed by atoms with van der Waals surface area (Å²) in [4.78, 5) is 28.4. The van der Waals surface area contributed by atoms with Gasteiger partial charge in [0.1, 0.15) is 0 Å². The van der Waals surface area contributed by atoms with Gasteiger partial charge < -0.3 is 10.2 Å². The minimum absolute atomic E-state index is 0.0875. The topological polar surface area (TPSA) is 52.7 Å². The lowest BCUT2D eigenvalue weighted by Crippen LogP contribution is -2.51. The third kappa shape index (κ3) is 6.11. The molecule has 1 heterocycles. The maximum Gasteiger partial charge on any atom is 0.234 e. The van der Waals surface area contributed by atoms with E-state index < -0.39 is 0 Å². The fraction of sp³-hybridized carbons (Fsp3) is 0.529. The van der Waals surface area contributed by atoms with Gasteiger partial charge in [-0.3, -0.25) is 14.5 Å². The zero-order valence-electron chi connectivity index (χ0n) is 14.1. The molecule has 1 aliphatic heterocycles. The molecule has 132 valence electrons. The van der Waals surface area contributed by atoms with Gasteiger partial charge >= 0.3 is 0 Å². The minimum atomic E-state index is -0.0875. The molecule has 1 N–H and O–H groups in total. The number of nitrogens with zero attached hydrogens (tertiary/aromatic N) is 2. The van der Waals surface area contributed by atoms with Crippen molar-refractivity contribution in [1.82, 2.24) is 9.80 Å². The number of piperazine rings is 1. The number of carbonyl (C=O) groups excluding carboxylic acids is 2. The Labute approximate surface area is 156 Å². The number of hydrogen-bond donors (Lipinski definition) is 1. The van der Waals surface area contributed by atoms with E-state index in [1.54, 1.807) is 0 Å². The molecule has 0 radical (unpaired) electrons. The molecule has 0 aliphatic carbocycles. The molecule has 5 nitrogen and oxygen atoms in total. The summed E-state index contributed by atoms with van der Waals surface area (Å²) in [6.07, 6.45) is 0. The summed E-state index contributed by atoms with van der Waals surface area (Å²) in [6.45, 7) is 7.77. The number of benzene rings is 1. The highest BCUT2D eigenvalue weighted by atomic mass is 79.9. The van der Waals surface area contributed by atoms with Crippen LogP contribution in [0.25, 0.3) is 0 Å². The van der Waals surface area contributed by atoms with Crippen molar-refractivity contribution >= 4 is 45.2 Å². The maximum atomic E-state index is 12.2. The third-order valence-corrected chi connectivity index (χ3v) is 5.37. The van der Waals surface area contributed by atoms with Crippen molar-refractivity contribution in [2.75, 3.05) is 43.0 Å². The Kier molecular flexibility index (Phi) is 7.58. The first kappa shape index (κ1) is 19.3. The summed E-state index contributed by atoms with van der Waals surface area (Å²) >= 11 is 4.74. The molecule has 1 aliphatic rings. The van der Waals surface area contributed by atoms with Crippen molar-refractivity contribution in [3.05, 3.63) is 28.7 Å². The lowest BCUT2D eigenvalue weighted by Gasteiger charge is -2.36. The number of hydrogen-bond acceptors (Lipinski definition) is 4. The van der Waals surface area contributed by atoms with Crippen LogP contribution in [0.1, 0.15) is 13.8 Å². The smallest absolute Gasteiger partial charge is 0.234 e. The zero-order valence-corrected chi connectivity index (χ0v) is 16.5. The SMILES string of the molecule is CC(C)N1CCN(C(=O)CSCC(=O)Nc2cccc(Br)c2)CC1. The number of rotatable bonds is 6. The molecule has 1 aromatic rings. The number of nitrogens with one attached hydrogen (secondary N) is 1. The van der Waals surface area contributed by atoms with Gasteiger partial charge in [0.15, 0.2) is 0 Å². The van der Waals surface area contributed by atoms with E-state index in [4.69, 9.17) is 0 Å².